The van der Waals surface area contributed by atoms with Crippen molar-refractivity contribution in [1.82, 2.24) is 23.7 Å². The average Bonchev–Trinajstić information content (AvgIpc) is 4.09. The highest BCUT2D eigenvalue weighted by Crippen LogP contribution is 2.48. The molecule has 0 amide bonds. The molecule has 6 heterocycles. The van der Waals surface area contributed by atoms with Crippen LogP contribution >= 0.6 is 0 Å². The fourth-order valence-electron chi connectivity index (χ4n) is 10.9. The van der Waals surface area contributed by atoms with Gasteiger partial charge in [-0.3, -0.25) is 13.7 Å². The van der Waals surface area contributed by atoms with Gasteiger partial charge in [0.15, 0.2) is 0 Å². The molecule has 0 N–H and O–H groups in total. The number of hydrogen-bond acceptors (Lipinski definition) is 3. The van der Waals surface area contributed by atoms with Crippen LogP contribution in [0.1, 0.15) is 11.5 Å². The molecule has 1 aliphatic heterocycles. The van der Waals surface area contributed by atoms with Gasteiger partial charge in [-0.1, -0.05) is 152 Å². The maximum absolute atomic E-state index is 5.69. The largest absolute Gasteiger partial charge is 0.318 e. The lowest BCUT2D eigenvalue weighted by Crippen LogP contribution is -2.29. The topological polar surface area (TPSA) is 43.8 Å². The van der Waals surface area contributed by atoms with E-state index in [-0.39, 0.29) is 12.0 Å². The van der Waals surface area contributed by atoms with E-state index in [9.17, 15) is 0 Å². The Bertz CT molecular complexity index is 3660. The molecule has 0 saturated heterocycles. The van der Waals surface area contributed by atoms with Gasteiger partial charge in [0.05, 0.1) is 39.1 Å². The number of pyridine rings is 2. The van der Waals surface area contributed by atoms with Gasteiger partial charge in [-0.05, 0) is 83.4 Å². The van der Waals surface area contributed by atoms with E-state index < -0.39 is 0 Å². The monoisotopic (exact) mass is 818 g/mol. The Hall–Kier alpha value is -8.48. The van der Waals surface area contributed by atoms with Crippen molar-refractivity contribution in [3.63, 3.8) is 0 Å². The van der Waals surface area contributed by atoms with Crippen LogP contribution in [0.4, 0.5) is 11.5 Å². The molecular weight excluding hydrogens is 781 g/mol. The van der Waals surface area contributed by atoms with Crippen LogP contribution in [0.3, 0.4) is 0 Å². The third kappa shape index (κ3) is 5.02. The minimum Gasteiger partial charge on any atom is -0.318 e. The third-order valence-corrected chi connectivity index (χ3v) is 13.6. The van der Waals surface area contributed by atoms with Gasteiger partial charge in [-0.25, -0.2) is 9.97 Å². The van der Waals surface area contributed by atoms with Crippen molar-refractivity contribution in [2.45, 2.75) is 12.0 Å². The Kier molecular flexibility index (Phi) is 7.42. The molecule has 7 aromatic carbocycles. The Balaban J connectivity index is 1.10. The number of rotatable bonds is 5. The van der Waals surface area contributed by atoms with Crippen molar-refractivity contribution >= 4 is 76.9 Å². The van der Waals surface area contributed by atoms with Crippen LogP contribution in [-0.4, -0.2) is 29.7 Å². The maximum atomic E-state index is 5.69. The van der Waals surface area contributed by atoms with E-state index in [1.165, 1.54) is 43.6 Å². The third-order valence-electron chi connectivity index (χ3n) is 13.6. The predicted octanol–water partition coefficient (Wildman–Crippen LogP) is 14.2. The molecule has 2 aliphatic rings. The van der Waals surface area contributed by atoms with E-state index in [1.807, 2.05) is 0 Å². The number of allylic oxidation sites excluding steroid dienone is 2. The molecule has 12 aromatic rings. The fourth-order valence-corrected chi connectivity index (χ4v) is 10.9. The van der Waals surface area contributed by atoms with Crippen LogP contribution in [-0.2, 0) is 0 Å². The highest BCUT2D eigenvalue weighted by atomic mass is 15.3. The van der Waals surface area contributed by atoms with Crippen molar-refractivity contribution in [3.8, 4) is 28.6 Å². The number of benzene rings is 7. The SMILES string of the molecule is C1=CC2c3ccccc3N(c3cc(-c4cc(-n5c6ccccc6c6ccccc65)nc(-n5c6ccccc6c6ccccc65)c4)cc(-n4c5ccccc5c5ccccc54)n3)C2C=C1. The molecule has 0 fully saturated rings. The van der Waals surface area contributed by atoms with Crippen LogP contribution in [0.5, 0.6) is 0 Å². The number of hydrogen-bond donors (Lipinski definition) is 0. The van der Waals surface area contributed by atoms with Crippen LogP contribution in [0.15, 0.2) is 218 Å². The first-order valence-electron chi connectivity index (χ1n) is 22.0. The number of nitrogens with zero attached hydrogens (tertiary/aromatic N) is 6. The summed E-state index contributed by atoms with van der Waals surface area (Å²) in [6.45, 7) is 0. The van der Waals surface area contributed by atoms with Gasteiger partial charge < -0.3 is 4.90 Å². The normalized spacial score (nSPS) is 15.7. The zero-order valence-corrected chi connectivity index (χ0v) is 34.6. The van der Waals surface area contributed by atoms with E-state index >= 15 is 0 Å². The van der Waals surface area contributed by atoms with Crippen LogP contribution in [0.25, 0.3) is 94.0 Å². The maximum Gasteiger partial charge on any atom is 0.140 e. The zero-order chi connectivity index (χ0) is 41.9. The molecule has 0 saturated carbocycles. The van der Waals surface area contributed by atoms with E-state index in [4.69, 9.17) is 9.97 Å². The summed E-state index contributed by atoms with van der Waals surface area (Å²) >= 11 is 0. The van der Waals surface area contributed by atoms with Crippen molar-refractivity contribution in [1.29, 1.82) is 0 Å². The lowest BCUT2D eigenvalue weighted by Gasteiger charge is -2.28. The summed E-state index contributed by atoms with van der Waals surface area (Å²) in [5.41, 5.74) is 11.3. The first kappa shape index (κ1) is 35.2. The summed E-state index contributed by atoms with van der Waals surface area (Å²) in [5, 5.41) is 7.18. The van der Waals surface area contributed by atoms with Crippen molar-refractivity contribution in [2.75, 3.05) is 4.90 Å². The van der Waals surface area contributed by atoms with Crippen molar-refractivity contribution < 1.29 is 0 Å². The minimum absolute atomic E-state index is 0.0786. The highest BCUT2D eigenvalue weighted by molar-refractivity contribution is 6.11. The summed E-state index contributed by atoms with van der Waals surface area (Å²) in [6.07, 6.45) is 9.02. The van der Waals surface area contributed by atoms with Gasteiger partial charge in [-0.15, -0.1) is 0 Å². The number of fused-ring (bicyclic) bond motifs is 12. The van der Waals surface area contributed by atoms with Gasteiger partial charge in [0.25, 0.3) is 0 Å². The minimum atomic E-state index is 0.0786. The number of aromatic nitrogens is 5. The number of anilines is 2. The van der Waals surface area contributed by atoms with Crippen molar-refractivity contribution in [3.05, 3.63) is 224 Å². The second-order valence-electron chi connectivity index (χ2n) is 17.0. The number of para-hydroxylation sites is 7. The van der Waals surface area contributed by atoms with Crippen molar-refractivity contribution in [2.24, 2.45) is 0 Å². The Labute approximate surface area is 368 Å². The average molecular weight is 819 g/mol. The lowest BCUT2D eigenvalue weighted by molar-refractivity contribution is 0.737. The molecule has 2 atom stereocenters. The molecular formula is C58H38N6. The van der Waals surface area contributed by atoms with E-state index in [0.717, 1.165) is 67.5 Å². The molecule has 64 heavy (non-hydrogen) atoms. The van der Waals surface area contributed by atoms with Gasteiger partial charge in [-0.2, -0.15) is 0 Å². The lowest BCUT2D eigenvalue weighted by atomic mass is 9.91. The Morgan fingerprint density at radius 1 is 0.328 bits per heavy atom. The van der Waals surface area contributed by atoms with Gasteiger partial charge in [0, 0.05) is 43.9 Å². The molecule has 0 radical (unpaired) electrons. The smallest absolute Gasteiger partial charge is 0.140 e. The van der Waals surface area contributed by atoms with Crippen LogP contribution in [0, 0.1) is 0 Å². The summed E-state index contributed by atoms with van der Waals surface area (Å²) in [6, 6.07) is 70.1. The summed E-state index contributed by atoms with van der Waals surface area (Å²) in [4.78, 5) is 13.8. The Morgan fingerprint density at radius 3 is 1.08 bits per heavy atom. The summed E-state index contributed by atoms with van der Waals surface area (Å²) < 4.78 is 7.01. The van der Waals surface area contributed by atoms with Gasteiger partial charge in [0.2, 0.25) is 0 Å². The molecule has 5 aromatic heterocycles. The van der Waals surface area contributed by atoms with Gasteiger partial charge in [0.1, 0.15) is 23.3 Å². The molecule has 14 rings (SSSR count). The van der Waals surface area contributed by atoms with E-state index in [0.29, 0.717) is 0 Å². The van der Waals surface area contributed by atoms with Crippen LogP contribution in [0.2, 0.25) is 0 Å². The molecule has 6 heteroatoms. The highest BCUT2D eigenvalue weighted by Gasteiger charge is 2.38. The van der Waals surface area contributed by atoms with E-state index in [1.54, 1.807) is 0 Å². The quantitative estimate of drug-likeness (QED) is 0.174. The second-order valence-corrected chi connectivity index (χ2v) is 17.0. The molecule has 2 unspecified atom stereocenters. The fraction of sp³-hybridized carbons (Fsp3) is 0.0345. The summed E-state index contributed by atoms with van der Waals surface area (Å²) in [7, 11) is 0. The summed E-state index contributed by atoms with van der Waals surface area (Å²) in [5.74, 6) is 3.65. The van der Waals surface area contributed by atoms with E-state index in [2.05, 4.69) is 237 Å². The molecule has 1 aliphatic carbocycles. The predicted molar refractivity (Wildman–Crippen MR) is 264 cm³/mol. The molecule has 0 bridgehead atoms. The molecule has 6 nitrogen and oxygen atoms in total. The van der Waals surface area contributed by atoms with Gasteiger partial charge >= 0.3 is 0 Å². The standard InChI is InChI=1S/C58H38N6/c1-9-25-47-39(17-1)40-18-2-10-26-48(40)61(47)55-33-37(34-56(59-55)62-49-27-11-3-19-41(49)42-20-4-12-28-50(42)62)38-35-57(63-51-29-13-5-21-43(51)44-22-6-14-30-52(44)63)60-58(36-38)64-53-31-15-7-23-45(53)46-24-8-16-32-54(46)64/h1-36,39,47H. The Morgan fingerprint density at radius 2 is 0.656 bits per heavy atom. The second kappa shape index (κ2) is 13.5. The van der Waals surface area contributed by atoms with Crippen LogP contribution < -0.4 is 4.90 Å². The first-order valence-corrected chi connectivity index (χ1v) is 22.0. The molecule has 300 valence electrons. The zero-order valence-electron chi connectivity index (χ0n) is 34.6. The molecule has 0 spiro atoms. The first-order chi connectivity index (χ1) is 31.8.